The first-order chi connectivity index (χ1) is 11.8. The molecule has 3 heterocycles. The van der Waals surface area contributed by atoms with Crippen LogP contribution in [0.5, 0.6) is 0 Å². The molecule has 1 aliphatic rings. The van der Waals surface area contributed by atoms with Gasteiger partial charge in [0.15, 0.2) is 0 Å². The summed E-state index contributed by atoms with van der Waals surface area (Å²) in [6.45, 7) is 3.03. The first-order valence-corrected chi connectivity index (χ1v) is 8.11. The topological polar surface area (TPSA) is 49.3 Å². The number of fused-ring (bicyclic) bond motifs is 1. The smallest absolute Gasteiger partial charge is 0.255 e. The van der Waals surface area contributed by atoms with Gasteiger partial charge in [0.1, 0.15) is 0 Å². The summed E-state index contributed by atoms with van der Waals surface area (Å²) in [5.74, 6) is 0.0544. The highest BCUT2D eigenvalue weighted by molar-refractivity contribution is 5.94. The molecule has 0 atom stereocenters. The van der Waals surface area contributed by atoms with Crippen molar-refractivity contribution < 1.29 is 4.79 Å². The molecule has 1 amide bonds. The van der Waals surface area contributed by atoms with Gasteiger partial charge >= 0.3 is 0 Å². The number of aromatic nitrogens is 2. The number of benzene rings is 1. The SMILES string of the molecule is O=C(c1cccnc1)N1CCN(c2cccc3cccnc23)CC1. The summed E-state index contributed by atoms with van der Waals surface area (Å²) in [4.78, 5) is 25.3. The van der Waals surface area contributed by atoms with Crippen LogP contribution in [0.2, 0.25) is 0 Å². The van der Waals surface area contributed by atoms with Crippen molar-refractivity contribution in [1.29, 1.82) is 0 Å². The van der Waals surface area contributed by atoms with Crippen LogP contribution < -0.4 is 4.90 Å². The second kappa shape index (κ2) is 6.28. The van der Waals surface area contributed by atoms with E-state index in [-0.39, 0.29) is 5.91 Å². The van der Waals surface area contributed by atoms with E-state index in [9.17, 15) is 4.79 Å². The van der Waals surface area contributed by atoms with E-state index in [4.69, 9.17) is 0 Å². The molecule has 5 nitrogen and oxygen atoms in total. The highest BCUT2D eigenvalue weighted by Crippen LogP contribution is 2.25. The largest absolute Gasteiger partial charge is 0.366 e. The maximum Gasteiger partial charge on any atom is 0.255 e. The van der Waals surface area contributed by atoms with Gasteiger partial charge in [-0.2, -0.15) is 0 Å². The molecule has 120 valence electrons. The lowest BCUT2D eigenvalue weighted by molar-refractivity contribution is 0.0746. The first kappa shape index (κ1) is 14.6. The van der Waals surface area contributed by atoms with E-state index in [1.54, 1.807) is 18.5 Å². The number of hydrogen-bond donors (Lipinski definition) is 0. The van der Waals surface area contributed by atoms with Gasteiger partial charge in [-0.1, -0.05) is 18.2 Å². The monoisotopic (exact) mass is 318 g/mol. The number of amides is 1. The second-order valence-corrected chi connectivity index (χ2v) is 5.87. The van der Waals surface area contributed by atoms with Crippen molar-refractivity contribution in [2.45, 2.75) is 0 Å². The maximum atomic E-state index is 12.5. The zero-order chi connectivity index (χ0) is 16.4. The highest BCUT2D eigenvalue weighted by Gasteiger charge is 2.23. The number of piperazine rings is 1. The van der Waals surface area contributed by atoms with Gasteiger partial charge in [0.05, 0.1) is 16.8 Å². The van der Waals surface area contributed by atoms with Gasteiger partial charge < -0.3 is 9.80 Å². The summed E-state index contributed by atoms with van der Waals surface area (Å²) in [7, 11) is 0. The van der Waals surface area contributed by atoms with Gasteiger partial charge in [0.25, 0.3) is 5.91 Å². The summed E-state index contributed by atoms with van der Waals surface area (Å²) in [5.41, 5.74) is 2.81. The average molecular weight is 318 g/mol. The zero-order valence-electron chi connectivity index (χ0n) is 13.3. The van der Waals surface area contributed by atoms with E-state index in [1.807, 2.05) is 23.2 Å². The van der Waals surface area contributed by atoms with Gasteiger partial charge in [-0.25, -0.2) is 0 Å². The Balaban J connectivity index is 1.51. The van der Waals surface area contributed by atoms with Crippen molar-refractivity contribution in [3.63, 3.8) is 0 Å². The van der Waals surface area contributed by atoms with E-state index in [0.717, 1.165) is 29.7 Å². The molecule has 0 unspecified atom stereocenters. The normalized spacial score (nSPS) is 14.8. The molecule has 3 aromatic rings. The van der Waals surface area contributed by atoms with Gasteiger partial charge in [0.2, 0.25) is 0 Å². The Bertz CT molecular complexity index is 852. The Morgan fingerprint density at radius 2 is 1.71 bits per heavy atom. The van der Waals surface area contributed by atoms with Gasteiger partial charge in [-0.3, -0.25) is 14.8 Å². The standard InChI is InChI=1S/C19H18N4O/c24-19(16-6-2-8-20-14-16)23-12-10-22(11-13-23)17-7-1-4-15-5-3-9-21-18(15)17/h1-9,14H,10-13H2. The van der Waals surface area contributed by atoms with Crippen molar-refractivity contribution in [2.24, 2.45) is 0 Å². The number of carbonyl (C=O) groups is 1. The van der Waals surface area contributed by atoms with Crippen LogP contribution in [0.4, 0.5) is 5.69 Å². The molecule has 2 aromatic heterocycles. The number of anilines is 1. The minimum atomic E-state index is 0.0544. The number of pyridine rings is 2. The van der Waals surface area contributed by atoms with Crippen LogP contribution in [0.1, 0.15) is 10.4 Å². The molecular weight excluding hydrogens is 300 g/mol. The molecule has 24 heavy (non-hydrogen) atoms. The molecule has 0 aliphatic carbocycles. The fraction of sp³-hybridized carbons (Fsp3) is 0.211. The van der Waals surface area contributed by atoms with Crippen LogP contribution in [0.3, 0.4) is 0 Å². The Morgan fingerprint density at radius 3 is 2.50 bits per heavy atom. The van der Waals surface area contributed by atoms with Crippen molar-refractivity contribution in [3.05, 3.63) is 66.6 Å². The molecule has 1 aliphatic heterocycles. The highest BCUT2D eigenvalue weighted by atomic mass is 16.2. The van der Waals surface area contributed by atoms with E-state index in [1.165, 1.54) is 0 Å². The maximum absolute atomic E-state index is 12.5. The molecule has 1 fully saturated rings. The van der Waals surface area contributed by atoms with Crippen molar-refractivity contribution in [3.8, 4) is 0 Å². The Hall–Kier alpha value is -2.95. The lowest BCUT2D eigenvalue weighted by atomic mass is 10.1. The Morgan fingerprint density at radius 1 is 0.917 bits per heavy atom. The molecule has 4 rings (SSSR count). The molecule has 0 spiro atoms. The van der Waals surface area contributed by atoms with Crippen LogP contribution in [-0.4, -0.2) is 47.0 Å². The number of hydrogen-bond acceptors (Lipinski definition) is 4. The fourth-order valence-electron chi connectivity index (χ4n) is 3.17. The molecule has 0 bridgehead atoms. The summed E-state index contributed by atoms with van der Waals surface area (Å²) < 4.78 is 0. The third-order valence-electron chi connectivity index (χ3n) is 4.43. The molecule has 1 saturated heterocycles. The predicted molar refractivity (Wildman–Crippen MR) is 94.1 cm³/mol. The van der Waals surface area contributed by atoms with Crippen LogP contribution in [0.15, 0.2) is 61.1 Å². The average Bonchev–Trinajstić information content (AvgIpc) is 2.68. The number of carbonyl (C=O) groups excluding carboxylic acids is 1. The minimum Gasteiger partial charge on any atom is -0.366 e. The van der Waals surface area contributed by atoms with Crippen molar-refractivity contribution in [2.75, 3.05) is 31.1 Å². The third kappa shape index (κ3) is 2.69. The van der Waals surface area contributed by atoms with E-state index >= 15 is 0 Å². The van der Waals surface area contributed by atoms with Gasteiger partial charge in [-0.15, -0.1) is 0 Å². The lowest BCUT2D eigenvalue weighted by Crippen LogP contribution is -2.48. The van der Waals surface area contributed by atoms with E-state index in [0.29, 0.717) is 18.7 Å². The van der Waals surface area contributed by atoms with Crippen LogP contribution in [-0.2, 0) is 0 Å². The first-order valence-electron chi connectivity index (χ1n) is 8.11. The third-order valence-corrected chi connectivity index (χ3v) is 4.43. The number of nitrogens with zero attached hydrogens (tertiary/aromatic N) is 4. The minimum absolute atomic E-state index is 0.0544. The summed E-state index contributed by atoms with van der Waals surface area (Å²) in [6.07, 6.45) is 5.14. The fourth-order valence-corrected chi connectivity index (χ4v) is 3.17. The molecular formula is C19H18N4O. The van der Waals surface area contributed by atoms with Crippen molar-refractivity contribution >= 4 is 22.5 Å². The second-order valence-electron chi connectivity index (χ2n) is 5.87. The van der Waals surface area contributed by atoms with Gasteiger partial charge in [-0.05, 0) is 24.3 Å². The van der Waals surface area contributed by atoms with Crippen LogP contribution >= 0.6 is 0 Å². The molecule has 1 aromatic carbocycles. The summed E-state index contributed by atoms with van der Waals surface area (Å²) in [6, 6.07) is 13.9. The Kier molecular flexibility index (Phi) is 3.83. The van der Waals surface area contributed by atoms with E-state index in [2.05, 4.69) is 39.1 Å². The summed E-state index contributed by atoms with van der Waals surface area (Å²) >= 11 is 0. The van der Waals surface area contributed by atoms with Crippen molar-refractivity contribution in [1.82, 2.24) is 14.9 Å². The summed E-state index contributed by atoms with van der Waals surface area (Å²) in [5, 5.41) is 1.14. The quantitative estimate of drug-likeness (QED) is 0.729. The number of rotatable bonds is 2. The van der Waals surface area contributed by atoms with Crippen LogP contribution in [0.25, 0.3) is 10.9 Å². The molecule has 0 saturated carbocycles. The predicted octanol–water partition coefficient (Wildman–Crippen LogP) is 2.59. The van der Waals surface area contributed by atoms with Gasteiger partial charge in [0, 0.05) is 50.2 Å². The molecule has 5 heteroatoms. The zero-order valence-corrected chi connectivity index (χ0v) is 13.3. The van der Waals surface area contributed by atoms with Crippen LogP contribution in [0, 0.1) is 0 Å². The lowest BCUT2D eigenvalue weighted by Gasteiger charge is -2.36. The molecule has 0 radical (unpaired) electrons. The van der Waals surface area contributed by atoms with E-state index < -0.39 is 0 Å². The Labute approximate surface area is 140 Å². The molecule has 0 N–H and O–H groups in total. The number of para-hydroxylation sites is 1.